The highest BCUT2D eigenvalue weighted by molar-refractivity contribution is 5.93. The van der Waals surface area contributed by atoms with Gasteiger partial charge in [-0.3, -0.25) is 0 Å². The molecule has 0 radical (unpaired) electrons. The first-order chi connectivity index (χ1) is 14.0. The van der Waals surface area contributed by atoms with Gasteiger partial charge in [0.25, 0.3) is 0 Å². The number of aryl methyl sites for hydroxylation is 1. The second-order valence-electron chi connectivity index (χ2n) is 6.73. The maximum Gasteiger partial charge on any atom is 0.229 e. The number of hydrogen-bond acceptors (Lipinski definition) is 5. The Hall–Kier alpha value is -3.67. The van der Waals surface area contributed by atoms with E-state index in [4.69, 9.17) is 9.72 Å². The van der Waals surface area contributed by atoms with Crippen molar-refractivity contribution in [2.24, 2.45) is 0 Å². The lowest BCUT2D eigenvalue weighted by Crippen LogP contribution is -2.13. The number of anilines is 4. The van der Waals surface area contributed by atoms with E-state index < -0.39 is 0 Å². The normalized spacial score (nSPS) is 10.8. The molecular formula is C23H21FN4O. The highest BCUT2D eigenvalue weighted by atomic mass is 19.1. The fraction of sp³-hybridized carbons (Fsp3) is 0.130. The third-order valence-electron chi connectivity index (χ3n) is 4.78. The third-order valence-corrected chi connectivity index (χ3v) is 4.78. The van der Waals surface area contributed by atoms with Crippen LogP contribution in [-0.2, 0) is 0 Å². The van der Waals surface area contributed by atoms with Gasteiger partial charge in [0.2, 0.25) is 5.95 Å². The number of methoxy groups -OCH3 is 1. The van der Waals surface area contributed by atoms with Crippen LogP contribution in [0.2, 0.25) is 0 Å². The van der Waals surface area contributed by atoms with Gasteiger partial charge in [0.15, 0.2) is 0 Å². The number of hydrogen-bond donors (Lipinski definition) is 1. The number of fused-ring (bicyclic) bond motifs is 1. The monoisotopic (exact) mass is 388 g/mol. The lowest BCUT2D eigenvalue weighted by Gasteiger charge is -2.21. The third kappa shape index (κ3) is 3.82. The van der Waals surface area contributed by atoms with Crippen molar-refractivity contribution in [3.05, 3.63) is 78.1 Å². The number of rotatable bonds is 5. The summed E-state index contributed by atoms with van der Waals surface area (Å²) in [6.45, 7) is 1.84. The molecule has 3 aromatic carbocycles. The molecule has 0 aliphatic carbocycles. The van der Waals surface area contributed by atoms with Gasteiger partial charge in [0.05, 0.1) is 12.6 Å². The van der Waals surface area contributed by atoms with Crippen LogP contribution in [-0.4, -0.2) is 24.1 Å². The first kappa shape index (κ1) is 18.7. The molecule has 4 rings (SSSR count). The summed E-state index contributed by atoms with van der Waals surface area (Å²) in [6, 6.07) is 20.3. The van der Waals surface area contributed by atoms with Crippen LogP contribution < -0.4 is 15.0 Å². The zero-order chi connectivity index (χ0) is 20.4. The first-order valence-electron chi connectivity index (χ1n) is 9.23. The fourth-order valence-corrected chi connectivity index (χ4v) is 3.19. The van der Waals surface area contributed by atoms with Gasteiger partial charge in [-0.2, -0.15) is 4.98 Å². The first-order valence-corrected chi connectivity index (χ1v) is 9.23. The van der Waals surface area contributed by atoms with Crippen molar-refractivity contribution in [1.82, 2.24) is 9.97 Å². The predicted octanol–water partition coefficient (Wildman–Crippen LogP) is 5.60. The Morgan fingerprint density at radius 3 is 2.48 bits per heavy atom. The summed E-state index contributed by atoms with van der Waals surface area (Å²) in [7, 11) is 3.60. The van der Waals surface area contributed by atoms with E-state index in [1.807, 2.05) is 67.4 Å². The summed E-state index contributed by atoms with van der Waals surface area (Å²) in [5.41, 5.74) is 3.31. The van der Waals surface area contributed by atoms with Crippen molar-refractivity contribution in [2.75, 3.05) is 24.4 Å². The minimum absolute atomic E-state index is 0.274. The number of ether oxygens (including phenoxy) is 1. The molecule has 4 aromatic rings. The molecule has 0 unspecified atom stereocenters. The number of para-hydroxylation sites is 1. The minimum atomic E-state index is -0.274. The van der Waals surface area contributed by atoms with Crippen molar-refractivity contribution in [3.63, 3.8) is 0 Å². The number of aromatic nitrogens is 2. The number of benzene rings is 3. The van der Waals surface area contributed by atoms with Crippen LogP contribution in [0.25, 0.3) is 10.9 Å². The average molecular weight is 388 g/mol. The summed E-state index contributed by atoms with van der Waals surface area (Å²) in [4.78, 5) is 11.4. The van der Waals surface area contributed by atoms with Crippen LogP contribution in [0.15, 0.2) is 66.7 Å². The van der Waals surface area contributed by atoms with Gasteiger partial charge >= 0.3 is 0 Å². The predicted molar refractivity (Wildman–Crippen MR) is 115 cm³/mol. The molecule has 0 aliphatic heterocycles. The number of nitrogens with zero attached hydrogens (tertiary/aromatic N) is 3. The zero-order valence-corrected chi connectivity index (χ0v) is 16.5. The summed E-state index contributed by atoms with van der Waals surface area (Å²) < 4.78 is 18.8. The number of halogens is 1. The van der Waals surface area contributed by atoms with Gasteiger partial charge in [-0.05, 0) is 61.0 Å². The molecule has 0 fully saturated rings. The molecule has 0 atom stereocenters. The van der Waals surface area contributed by atoms with E-state index in [1.165, 1.54) is 12.1 Å². The molecular weight excluding hydrogens is 367 g/mol. The molecule has 5 nitrogen and oxygen atoms in total. The van der Waals surface area contributed by atoms with E-state index in [2.05, 4.69) is 10.3 Å². The molecule has 0 saturated heterocycles. The van der Waals surface area contributed by atoms with Crippen molar-refractivity contribution in [2.45, 2.75) is 6.92 Å². The standard InChI is InChI=1S/C23H21FN4O/c1-15-13-16(24)9-11-20(15)25-23-26-21-12-10-18(29-3)14-19(21)22(27-23)28(2)17-7-5-4-6-8-17/h4-14H,1-3H3,(H,25,26,27). The van der Waals surface area contributed by atoms with E-state index in [-0.39, 0.29) is 5.82 Å². The zero-order valence-electron chi connectivity index (χ0n) is 16.5. The van der Waals surface area contributed by atoms with Crippen molar-refractivity contribution >= 4 is 34.0 Å². The molecule has 0 aliphatic rings. The molecule has 0 bridgehead atoms. The summed E-state index contributed by atoms with van der Waals surface area (Å²) >= 11 is 0. The lowest BCUT2D eigenvalue weighted by atomic mass is 10.2. The van der Waals surface area contributed by atoms with Crippen LogP contribution >= 0.6 is 0 Å². The Kier molecular flexibility index (Phi) is 4.99. The molecule has 1 N–H and O–H groups in total. The van der Waals surface area contributed by atoms with Crippen molar-refractivity contribution < 1.29 is 9.13 Å². The molecule has 1 aromatic heterocycles. The molecule has 1 heterocycles. The average Bonchev–Trinajstić information content (AvgIpc) is 2.75. The second kappa shape index (κ2) is 7.75. The highest BCUT2D eigenvalue weighted by Gasteiger charge is 2.15. The van der Waals surface area contributed by atoms with Crippen LogP contribution in [0, 0.1) is 12.7 Å². The minimum Gasteiger partial charge on any atom is -0.497 e. The molecule has 0 amide bonds. The molecule has 0 spiro atoms. The van der Waals surface area contributed by atoms with Crippen LogP contribution in [0.5, 0.6) is 5.75 Å². The Bertz CT molecular complexity index is 1160. The molecule has 29 heavy (non-hydrogen) atoms. The van der Waals surface area contributed by atoms with E-state index in [9.17, 15) is 4.39 Å². The smallest absolute Gasteiger partial charge is 0.229 e. The van der Waals surface area contributed by atoms with Gasteiger partial charge in [-0.1, -0.05) is 18.2 Å². The SMILES string of the molecule is COc1ccc2nc(Nc3ccc(F)cc3C)nc(N(C)c3ccccc3)c2c1. The van der Waals surface area contributed by atoms with Crippen LogP contribution in [0.1, 0.15) is 5.56 Å². The van der Waals surface area contributed by atoms with Crippen molar-refractivity contribution in [1.29, 1.82) is 0 Å². The molecule has 0 saturated carbocycles. The molecule has 6 heteroatoms. The molecule has 146 valence electrons. The lowest BCUT2D eigenvalue weighted by molar-refractivity contribution is 0.415. The van der Waals surface area contributed by atoms with E-state index in [0.29, 0.717) is 5.95 Å². The summed E-state index contributed by atoms with van der Waals surface area (Å²) in [5, 5.41) is 4.09. The maximum absolute atomic E-state index is 13.4. The Morgan fingerprint density at radius 2 is 1.76 bits per heavy atom. The van der Waals surface area contributed by atoms with Gasteiger partial charge in [-0.25, -0.2) is 9.37 Å². The van der Waals surface area contributed by atoms with Gasteiger partial charge in [0, 0.05) is 23.8 Å². The summed E-state index contributed by atoms with van der Waals surface area (Å²) in [6.07, 6.45) is 0. The van der Waals surface area contributed by atoms with Gasteiger partial charge in [0.1, 0.15) is 17.4 Å². The van der Waals surface area contributed by atoms with E-state index in [0.717, 1.165) is 39.4 Å². The van der Waals surface area contributed by atoms with Gasteiger partial charge < -0.3 is 15.0 Å². The quantitative estimate of drug-likeness (QED) is 0.482. The van der Waals surface area contributed by atoms with E-state index in [1.54, 1.807) is 13.2 Å². The largest absolute Gasteiger partial charge is 0.497 e. The van der Waals surface area contributed by atoms with Crippen LogP contribution in [0.3, 0.4) is 0 Å². The maximum atomic E-state index is 13.4. The van der Waals surface area contributed by atoms with Crippen molar-refractivity contribution in [3.8, 4) is 5.75 Å². The Balaban J connectivity index is 1.84. The summed E-state index contributed by atoms with van der Waals surface area (Å²) in [5.74, 6) is 1.64. The second-order valence-corrected chi connectivity index (χ2v) is 6.73. The van der Waals surface area contributed by atoms with Gasteiger partial charge in [-0.15, -0.1) is 0 Å². The van der Waals surface area contributed by atoms with E-state index >= 15 is 0 Å². The Labute approximate surface area is 168 Å². The topological polar surface area (TPSA) is 50.3 Å². The number of nitrogens with one attached hydrogen (secondary N) is 1. The highest BCUT2D eigenvalue weighted by Crippen LogP contribution is 2.33. The Morgan fingerprint density at radius 1 is 0.966 bits per heavy atom. The van der Waals surface area contributed by atoms with Crippen LogP contribution in [0.4, 0.5) is 27.5 Å². The fourth-order valence-electron chi connectivity index (χ4n) is 3.19.